The van der Waals surface area contributed by atoms with Gasteiger partial charge in [0.05, 0.1) is 23.8 Å². The van der Waals surface area contributed by atoms with Gasteiger partial charge in [-0.05, 0) is 58.8 Å². The van der Waals surface area contributed by atoms with Crippen LogP contribution in [0.3, 0.4) is 0 Å². The molecule has 0 atom stereocenters. The number of methoxy groups -OCH3 is 1. The molecule has 0 saturated heterocycles. The first kappa shape index (κ1) is 16.6. The Bertz CT molecular complexity index is 811. The van der Waals surface area contributed by atoms with Crippen molar-refractivity contribution in [2.75, 3.05) is 20.3 Å². The number of hydrogen-bond acceptors (Lipinski definition) is 4. The fourth-order valence-electron chi connectivity index (χ4n) is 2.59. The molecule has 3 rings (SSSR count). The Labute approximate surface area is 149 Å². The monoisotopic (exact) mass is 388 g/mol. The van der Waals surface area contributed by atoms with E-state index in [9.17, 15) is 4.79 Å². The van der Waals surface area contributed by atoms with E-state index >= 15 is 0 Å². The molecule has 0 bridgehead atoms. The molecule has 0 saturated carbocycles. The van der Waals surface area contributed by atoms with E-state index in [2.05, 4.69) is 15.9 Å². The molecule has 0 fully saturated rings. The van der Waals surface area contributed by atoms with E-state index in [1.54, 1.807) is 19.2 Å². The van der Waals surface area contributed by atoms with E-state index in [0.717, 1.165) is 10.0 Å². The lowest BCUT2D eigenvalue weighted by Crippen LogP contribution is -2.18. The number of rotatable bonds is 4. The van der Waals surface area contributed by atoms with Gasteiger partial charge in [0.2, 0.25) is 0 Å². The molecule has 0 aromatic heterocycles. The van der Waals surface area contributed by atoms with Gasteiger partial charge in [0.1, 0.15) is 12.4 Å². The Hall–Kier alpha value is -2.27. The Kier molecular flexibility index (Phi) is 4.90. The van der Waals surface area contributed by atoms with Crippen LogP contribution < -0.4 is 14.2 Å². The molecule has 5 heteroatoms. The number of carbonyl (C=O) groups is 1. The first-order valence-corrected chi connectivity index (χ1v) is 8.40. The van der Waals surface area contributed by atoms with Crippen molar-refractivity contribution in [3.63, 3.8) is 0 Å². The third-order valence-electron chi connectivity index (χ3n) is 3.69. The van der Waals surface area contributed by atoms with Gasteiger partial charge in [0.15, 0.2) is 17.3 Å². The number of carbonyl (C=O) groups excluding carboxylic acids is 1. The topological polar surface area (TPSA) is 44.8 Å². The number of Topliss-reactive ketones (excluding diaryl/α,β-unsaturated/α-hetero) is 1. The van der Waals surface area contributed by atoms with Crippen molar-refractivity contribution in [3.8, 4) is 17.2 Å². The summed E-state index contributed by atoms with van der Waals surface area (Å²) in [6.45, 7) is 2.71. The van der Waals surface area contributed by atoms with Crippen LogP contribution in [-0.4, -0.2) is 26.1 Å². The van der Waals surface area contributed by atoms with Crippen LogP contribution in [0.4, 0.5) is 0 Å². The third-order valence-corrected chi connectivity index (χ3v) is 4.28. The molecule has 2 aromatic rings. The number of para-hydroxylation sites is 1. The molecule has 0 spiro atoms. The highest BCUT2D eigenvalue weighted by molar-refractivity contribution is 9.10. The predicted octanol–water partition coefficient (Wildman–Crippen LogP) is 4.52. The van der Waals surface area contributed by atoms with Crippen molar-refractivity contribution >= 4 is 27.8 Å². The SMILES string of the molecule is CCOc1c(Br)cc(/C=C2\COc3ccccc3C2=O)cc1OC. The quantitative estimate of drug-likeness (QED) is 0.722. The molecule has 4 nitrogen and oxygen atoms in total. The Morgan fingerprint density at radius 2 is 2.08 bits per heavy atom. The summed E-state index contributed by atoms with van der Waals surface area (Å²) in [7, 11) is 1.59. The summed E-state index contributed by atoms with van der Waals surface area (Å²) >= 11 is 3.50. The Morgan fingerprint density at radius 3 is 2.83 bits per heavy atom. The van der Waals surface area contributed by atoms with E-state index in [0.29, 0.717) is 35.0 Å². The molecule has 2 aromatic carbocycles. The second-order valence-electron chi connectivity index (χ2n) is 5.25. The highest BCUT2D eigenvalue weighted by Gasteiger charge is 2.23. The van der Waals surface area contributed by atoms with Gasteiger partial charge in [-0.15, -0.1) is 0 Å². The lowest BCUT2D eigenvalue weighted by molar-refractivity contribution is 0.100. The average molecular weight is 389 g/mol. The molecular weight excluding hydrogens is 372 g/mol. The molecule has 1 aliphatic rings. The molecule has 0 amide bonds. The van der Waals surface area contributed by atoms with Crippen molar-refractivity contribution in [1.29, 1.82) is 0 Å². The summed E-state index contributed by atoms with van der Waals surface area (Å²) in [5, 5.41) is 0. The minimum Gasteiger partial charge on any atom is -0.493 e. The molecule has 0 radical (unpaired) electrons. The minimum atomic E-state index is -0.0131. The maximum absolute atomic E-state index is 12.6. The number of ketones is 1. The van der Waals surface area contributed by atoms with Crippen LogP contribution in [0.5, 0.6) is 17.2 Å². The van der Waals surface area contributed by atoms with Crippen molar-refractivity contribution in [2.45, 2.75) is 6.92 Å². The summed E-state index contributed by atoms with van der Waals surface area (Å²) in [6.07, 6.45) is 1.82. The Balaban J connectivity index is 1.98. The van der Waals surface area contributed by atoms with E-state index in [-0.39, 0.29) is 12.4 Å². The summed E-state index contributed by atoms with van der Waals surface area (Å²) in [5.41, 5.74) is 2.03. The first-order chi connectivity index (χ1) is 11.6. The zero-order valence-electron chi connectivity index (χ0n) is 13.5. The third kappa shape index (κ3) is 3.17. The number of benzene rings is 2. The summed E-state index contributed by atoms with van der Waals surface area (Å²) in [5.74, 6) is 1.88. The van der Waals surface area contributed by atoms with Gasteiger partial charge in [0.25, 0.3) is 0 Å². The minimum absolute atomic E-state index is 0.0131. The standard InChI is InChI=1S/C19H17BrO4/c1-3-23-19-15(20)9-12(10-17(19)22-2)8-13-11-24-16-7-5-4-6-14(16)18(13)21/h4-10H,3,11H2,1-2H3/b13-8+. The lowest BCUT2D eigenvalue weighted by atomic mass is 9.98. The molecule has 1 heterocycles. The summed E-state index contributed by atoms with van der Waals surface area (Å²) < 4.78 is 17.4. The van der Waals surface area contributed by atoms with Gasteiger partial charge in [-0.25, -0.2) is 0 Å². The second-order valence-corrected chi connectivity index (χ2v) is 6.10. The summed E-state index contributed by atoms with van der Waals surface area (Å²) in [6, 6.07) is 11.0. The van der Waals surface area contributed by atoms with Crippen LogP contribution in [0.25, 0.3) is 6.08 Å². The highest BCUT2D eigenvalue weighted by Crippen LogP contribution is 2.37. The van der Waals surface area contributed by atoms with Gasteiger partial charge in [-0.3, -0.25) is 4.79 Å². The normalized spacial score (nSPS) is 15.0. The van der Waals surface area contributed by atoms with Gasteiger partial charge in [-0.1, -0.05) is 12.1 Å². The number of halogens is 1. The number of fused-ring (bicyclic) bond motifs is 1. The van der Waals surface area contributed by atoms with Crippen molar-refractivity contribution in [2.24, 2.45) is 0 Å². The fraction of sp³-hybridized carbons (Fsp3) is 0.211. The fourth-order valence-corrected chi connectivity index (χ4v) is 3.16. The molecular formula is C19H17BrO4. The zero-order valence-corrected chi connectivity index (χ0v) is 15.1. The molecule has 24 heavy (non-hydrogen) atoms. The second kappa shape index (κ2) is 7.09. The van der Waals surface area contributed by atoms with Crippen LogP contribution >= 0.6 is 15.9 Å². The maximum atomic E-state index is 12.6. The predicted molar refractivity (Wildman–Crippen MR) is 96.1 cm³/mol. The Morgan fingerprint density at radius 1 is 1.29 bits per heavy atom. The van der Waals surface area contributed by atoms with Crippen molar-refractivity contribution < 1.29 is 19.0 Å². The smallest absolute Gasteiger partial charge is 0.196 e. The first-order valence-electron chi connectivity index (χ1n) is 7.61. The molecule has 0 unspecified atom stereocenters. The zero-order chi connectivity index (χ0) is 17.1. The lowest BCUT2D eigenvalue weighted by Gasteiger charge is -2.19. The van der Waals surface area contributed by atoms with Crippen LogP contribution in [0.2, 0.25) is 0 Å². The van der Waals surface area contributed by atoms with E-state index in [4.69, 9.17) is 14.2 Å². The van der Waals surface area contributed by atoms with Gasteiger partial charge in [0, 0.05) is 5.57 Å². The van der Waals surface area contributed by atoms with Crippen LogP contribution in [0, 0.1) is 0 Å². The number of ether oxygens (including phenoxy) is 3. The van der Waals surface area contributed by atoms with Gasteiger partial charge in [-0.2, -0.15) is 0 Å². The average Bonchev–Trinajstić information content (AvgIpc) is 2.60. The number of hydrogen-bond donors (Lipinski definition) is 0. The highest BCUT2D eigenvalue weighted by atomic mass is 79.9. The molecule has 0 aliphatic carbocycles. The van der Waals surface area contributed by atoms with E-state index in [1.807, 2.05) is 37.3 Å². The van der Waals surface area contributed by atoms with Crippen LogP contribution in [0.1, 0.15) is 22.8 Å². The maximum Gasteiger partial charge on any atom is 0.196 e. The summed E-state index contributed by atoms with van der Waals surface area (Å²) in [4.78, 5) is 12.6. The van der Waals surface area contributed by atoms with Crippen molar-refractivity contribution in [3.05, 3.63) is 57.6 Å². The van der Waals surface area contributed by atoms with E-state index in [1.165, 1.54) is 0 Å². The van der Waals surface area contributed by atoms with Crippen LogP contribution in [-0.2, 0) is 0 Å². The molecule has 1 aliphatic heterocycles. The van der Waals surface area contributed by atoms with E-state index < -0.39 is 0 Å². The van der Waals surface area contributed by atoms with Gasteiger partial charge >= 0.3 is 0 Å². The van der Waals surface area contributed by atoms with Crippen LogP contribution in [0.15, 0.2) is 46.4 Å². The van der Waals surface area contributed by atoms with Gasteiger partial charge < -0.3 is 14.2 Å². The molecule has 0 N–H and O–H groups in total. The largest absolute Gasteiger partial charge is 0.493 e. The molecule has 124 valence electrons. The van der Waals surface area contributed by atoms with Crippen molar-refractivity contribution in [1.82, 2.24) is 0 Å².